The standard InChI is InChI=1S/C24H15F4N3O5S2/c25-16-1-3-19(20(12-16)15-6-9-35-13-15)21-18-4-2-17(11-14(18)5-7-29-21)38(33,34)31(23-30-8-10-37-23)36-22(32)24(26,27)28/h1-8,10-12H,9,13H2. The second-order valence-corrected chi connectivity index (χ2v) is 10.5. The number of pyridine rings is 1. The minimum absolute atomic E-state index is 0.151. The quantitative estimate of drug-likeness (QED) is 0.236. The highest BCUT2D eigenvalue weighted by atomic mass is 32.2. The number of aromatic nitrogens is 2. The van der Waals surface area contributed by atoms with Crippen LogP contribution in [0.1, 0.15) is 5.56 Å². The number of anilines is 1. The molecule has 196 valence electrons. The number of hydrogen-bond donors (Lipinski definition) is 0. The molecule has 0 amide bonds. The molecule has 3 heterocycles. The number of sulfonamides is 1. The first-order chi connectivity index (χ1) is 18.1. The molecule has 0 spiro atoms. The Morgan fingerprint density at radius 3 is 2.55 bits per heavy atom. The number of halogens is 4. The number of alkyl halides is 3. The number of ether oxygens (including phenoxy) is 1. The summed E-state index contributed by atoms with van der Waals surface area (Å²) in [5, 5.41) is 1.67. The third kappa shape index (κ3) is 4.85. The lowest BCUT2D eigenvalue weighted by atomic mass is 9.95. The van der Waals surface area contributed by atoms with Crippen LogP contribution in [-0.2, 0) is 24.4 Å². The average Bonchev–Trinajstić information content (AvgIpc) is 3.60. The van der Waals surface area contributed by atoms with E-state index in [1.165, 1.54) is 41.9 Å². The maximum atomic E-state index is 14.1. The van der Waals surface area contributed by atoms with Crippen molar-refractivity contribution in [1.82, 2.24) is 9.97 Å². The van der Waals surface area contributed by atoms with Crippen molar-refractivity contribution in [3.05, 3.63) is 77.7 Å². The van der Waals surface area contributed by atoms with E-state index in [1.54, 1.807) is 6.07 Å². The topological polar surface area (TPSA) is 98.7 Å². The van der Waals surface area contributed by atoms with Gasteiger partial charge in [0.15, 0.2) is 0 Å². The Morgan fingerprint density at radius 1 is 1.05 bits per heavy atom. The third-order valence-electron chi connectivity index (χ3n) is 5.51. The van der Waals surface area contributed by atoms with Crippen molar-refractivity contribution in [1.29, 1.82) is 0 Å². The molecule has 0 unspecified atom stereocenters. The van der Waals surface area contributed by atoms with Gasteiger partial charge in [-0.25, -0.2) is 14.2 Å². The zero-order valence-corrected chi connectivity index (χ0v) is 20.6. The van der Waals surface area contributed by atoms with Crippen molar-refractivity contribution in [3.8, 4) is 11.3 Å². The molecule has 2 aromatic carbocycles. The van der Waals surface area contributed by atoms with E-state index >= 15 is 0 Å². The summed E-state index contributed by atoms with van der Waals surface area (Å²) in [6.07, 6.45) is -1.05. The van der Waals surface area contributed by atoms with Crippen LogP contribution in [0.2, 0.25) is 0 Å². The van der Waals surface area contributed by atoms with Crippen molar-refractivity contribution in [2.24, 2.45) is 0 Å². The smallest absolute Gasteiger partial charge is 0.373 e. The Bertz CT molecular complexity index is 1670. The first-order valence-electron chi connectivity index (χ1n) is 10.8. The van der Waals surface area contributed by atoms with Gasteiger partial charge in [-0.05, 0) is 52.9 Å². The maximum Gasteiger partial charge on any atom is 0.493 e. The minimum atomic E-state index is -5.44. The van der Waals surface area contributed by atoms with Crippen molar-refractivity contribution < 1.29 is 40.3 Å². The zero-order valence-electron chi connectivity index (χ0n) is 19.0. The van der Waals surface area contributed by atoms with E-state index in [0.29, 0.717) is 45.5 Å². The fourth-order valence-electron chi connectivity index (χ4n) is 3.81. The molecule has 1 aliphatic rings. The van der Waals surface area contributed by atoms with Crippen molar-refractivity contribution in [2.45, 2.75) is 11.1 Å². The number of nitrogens with zero attached hydrogens (tertiary/aromatic N) is 3. The predicted molar refractivity (Wildman–Crippen MR) is 130 cm³/mol. The Morgan fingerprint density at radius 2 is 1.87 bits per heavy atom. The minimum Gasteiger partial charge on any atom is -0.373 e. The first kappa shape index (κ1) is 25.8. The van der Waals surface area contributed by atoms with Crippen LogP contribution in [0.5, 0.6) is 0 Å². The molecule has 0 aliphatic carbocycles. The first-order valence-corrected chi connectivity index (χ1v) is 13.1. The Balaban J connectivity index is 1.60. The van der Waals surface area contributed by atoms with E-state index in [0.717, 1.165) is 17.8 Å². The molecule has 0 N–H and O–H groups in total. The Hall–Kier alpha value is -3.88. The predicted octanol–water partition coefficient (Wildman–Crippen LogP) is 5.13. The summed E-state index contributed by atoms with van der Waals surface area (Å²) in [4.78, 5) is 23.4. The highest BCUT2D eigenvalue weighted by molar-refractivity contribution is 7.92. The van der Waals surface area contributed by atoms with Gasteiger partial charge in [-0.15, -0.1) is 11.3 Å². The molecule has 2 aromatic heterocycles. The van der Waals surface area contributed by atoms with E-state index < -0.39 is 38.0 Å². The van der Waals surface area contributed by atoms with Gasteiger partial charge in [0, 0.05) is 28.7 Å². The fourth-order valence-corrected chi connectivity index (χ4v) is 5.85. The van der Waals surface area contributed by atoms with Crippen molar-refractivity contribution in [3.63, 3.8) is 0 Å². The molecular formula is C24H15F4N3O5S2. The summed E-state index contributed by atoms with van der Waals surface area (Å²) in [7, 11) is -4.83. The number of benzene rings is 2. The van der Waals surface area contributed by atoms with E-state index in [9.17, 15) is 30.8 Å². The molecule has 0 radical (unpaired) electrons. The van der Waals surface area contributed by atoms with Gasteiger partial charge in [-0.1, -0.05) is 16.6 Å². The van der Waals surface area contributed by atoms with Gasteiger partial charge < -0.3 is 9.57 Å². The monoisotopic (exact) mass is 565 g/mol. The molecule has 5 rings (SSSR count). The number of carbonyl (C=O) groups is 1. The second-order valence-electron chi connectivity index (χ2n) is 7.90. The van der Waals surface area contributed by atoms with Gasteiger partial charge in [-0.3, -0.25) is 4.98 Å². The molecule has 8 nitrogen and oxygen atoms in total. The molecule has 0 bridgehead atoms. The summed E-state index contributed by atoms with van der Waals surface area (Å²) in [6.45, 7) is 0.664. The normalized spacial score (nSPS) is 13.9. The van der Waals surface area contributed by atoms with E-state index in [1.807, 2.05) is 6.08 Å². The molecule has 14 heteroatoms. The van der Waals surface area contributed by atoms with Crippen molar-refractivity contribution >= 4 is 48.8 Å². The van der Waals surface area contributed by atoms with Crippen LogP contribution >= 0.6 is 11.3 Å². The molecule has 0 saturated carbocycles. The Labute approximate surface area is 216 Å². The molecule has 0 saturated heterocycles. The summed E-state index contributed by atoms with van der Waals surface area (Å²) in [6, 6.07) is 9.46. The van der Waals surface area contributed by atoms with Gasteiger partial charge in [0.1, 0.15) is 5.82 Å². The molecule has 0 fully saturated rings. The average molecular weight is 566 g/mol. The number of carbonyl (C=O) groups excluding carboxylic acids is 1. The summed E-state index contributed by atoms with van der Waals surface area (Å²) >= 11 is 0.658. The molecule has 4 aromatic rings. The largest absolute Gasteiger partial charge is 0.493 e. The number of thiazole rings is 1. The summed E-state index contributed by atoms with van der Waals surface area (Å²) in [5.41, 5.74) is 2.33. The Kier molecular flexibility index (Phi) is 6.63. The van der Waals surface area contributed by atoms with Crippen LogP contribution in [-0.4, -0.2) is 43.7 Å². The van der Waals surface area contributed by atoms with Gasteiger partial charge in [0.05, 0.1) is 23.8 Å². The van der Waals surface area contributed by atoms with E-state index in [4.69, 9.17) is 4.74 Å². The van der Waals surface area contributed by atoms with Gasteiger partial charge in [0.25, 0.3) is 10.0 Å². The highest BCUT2D eigenvalue weighted by Crippen LogP contribution is 2.36. The van der Waals surface area contributed by atoms with Gasteiger partial charge in [0.2, 0.25) is 5.13 Å². The molecular weight excluding hydrogens is 550 g/mol. The lowest BCUT2D eigenvalue weighted by Gasteiger charge is -2.20. The van der Waals surface area contributed by atoms with Gasteiger partial charge in [-0.2, -0.15) is 21.6 Å². The number of fused-ring (bicyclic) bond motifs is 1. The maximum absolute atomic E-state index is 14.1. The van der Waals surface area contributed by atoms with E-state index in [-0.39, 0.29) is 11.1 Å². The van der Waals surface area contributed by atoms with Crippen LogP contribution in [0.4, 0.5) is 22.7 Å². The summed E-state index contributed by atoms with van der Waals surface area (Å²) in [5.74, 6) is -3.18. The lowest BCUT2D eigenvalue weighted by molar-refractivity contribution is -0.199. The van der Waals surface area contributed by atoms with Crippen LogP contribution < -0.4 is 4.47 Å². The highest BCUT2D eigenvalue weighted by Gasteiger charge is 2.45. The van der Waals surface area contributed by atoms with Crippen LogP contribution in [0.15, 0.2) is 71.2 Å². The molecule has 0 atom stereocenters. The van der Waals surface area contributed by atoms with Crippen molar-refractivity contribution in [2.75, 3.05) is 17.7 Å². The van der Waals surface area contributed by atoms with Crippen LogP contribution in [0, 0.1) is 5.82 Å². The molecule has 1 aliphatic heterocycles. The van der Waals surface area contributed by atoms with E-state index in [2.05, 4.69) is 14.8 Å². The fraction of sp³-hybridized carbons (Fsp3) is 0.125. The third-order valence-corrected chi connectivity index (χ3v) is 7.90. The number of hydrogen-bond acceptors (Lipinski definition) is 8. The zero-order chi connectivity index (χ0) is 27.1. The molecule has 38 heavy (non-hydrogen) atoms. The SMILES string of the molecule is O=C(ON(c1nccs1)S(=O)(=O)c1ccc2c(-c3ccc(F)cc3C3=CCOC3)nccc2c1)C(F)(F)F. The van der Waals surface area contributed by atoms with Gasteiger partial charge >= 0.3 is 12.1 Å². The second kappa shape index (κ2) is 9.78. The lowest BCUT2D eigenvalue weighted by Crippen LogP contribution is -2.38. The van der Waals surface area contributed by atoms with Crippen LogP contribution in [0.25, 0.3) is 27.6 Å². The van der Waals surface area contributed by atoms with Crippen LogP contribution in [0.3, 0.4) is 0 Å². The number of rotatable bonds is 6. The summed E-state index contributed by atoms with van der Waals surface area (Å²) < 4.78 is 84.6.